The lowest BCUT2D eigenvalue weighted by molar-refractivity contribution is 0.538. The molecule has 0 radical (unpaired) electrons. The van der Waals surface area contributed by atoms with Crippen LogP contribution in [0.15, 0.2) is 35.4 Å². The molecule has 0 N–H and O–H groups in total. The number of fused-ring (bicyclic) bond motifs is 1. The van der Waals surface area contributed by atoms with Gasteiger partial charge in [-0.15, -0.1) is 0 Å². The molecule has 0 spiro atoms. The number of benzene rings is 1. The van der Waals surface area contributed by atoms with Crippen molar-refractivity contribution in [2.45, 2.75) is 4.90 Å². The summed E-state index contributed by atoms with van der Waals surface area (Å²) in [5.74, 6) is 0. The Morgan fingerprint density at radius 1 is 1.31 bits per heavy atom. The number of aromatic nitrogens is 2. The lowest BCUT2D eigenvalue weighted by Gasteiger charge is -2.06. The predicted molar refractivity (Wildman–Crippen MR) is 46.7 cm³/mol. The van der Waals surface area contributed by atoms with Crippen molar-refractivity contribution >= 4 is 22.0 Å². The van der Waals surface area contributed by atoms with Gasteiger partial charge in [-0.25, -0.2) is 0 Å². The van der Waals surface area contributed by atoms with Gasteiger partial charge in [0, 0.05) is 10.3 Å². The molecule has 0 saturated carbocycles. The molecule has 1 unspecified atom stereocenters. The van der Waals surface area contributed by atoms with Crippen LogP contribution in [-0.4, -0.2) is 19.0 Å². The molecule has 4 nitrogen and oxygen atoms in total. The lowest BCUT2D eigenvalue weighted by Crippen LogP contribution is -1.92. The highest BCUT2D eigenvalue weighted by molar-refractivity contribution is 7.79. The smallest absolute Gasteiger partial charge is 0.0941 e. The second kappa shape index (κ2) is 3.20. The molecule has 0 aliphatic heterocycles. The minimum atomic E-state index is -2.22. The first-order valence-electron chi connectivity index (χ1n) is 3.59. The second-order valence-electron chi connectivity index (χ2n) is 2.45. The van der Waals surface area contributed by atoms with Crippen LogP contribution in [0.4, 0.5) is 0 Å². The zero-order valence-electron chi connectivity index (χ0n) is 6.51. The van der Waals surface area contributed by atoms with E-state index in [9.17, 15) is 8.76 Å². The Hall–Kier alpha value is -1.33. The van der Waals surface area contributed by atoms with Crippen LogP contribution < -0.4 is 0 Å². The van der Waals surface area contributed by atoms with Crippen LogP contribution in [0.3, 0.4) is 0 Å². The van der Waals surface area contributed by atoms with Crippen molar-refractivity contribution in [3.8, 4) is 0 Å². The van der Waals surface area contributed by atoms with Crippen molar-refractivity contribution in [3.05, 3.63) is 30.5 Å². The van der Waals surface area contributed by atoms with Crippen molar-refractivity contribution in [2.75, 3.05) is 0 Å². The van der Waals surface area contributed by atoms with Gasteiger partial charge < -0.3 is 4.55 Å². The molecule has 1 aromatic carbocycles. The topological polar surface area (TPSA) is 65.9 Å². The van der Waals surface area contributed by atoms with Crippen molar-refractivity contribution in [2.24, 2.45) is 0 Å². The maximum Gasteiger partial charge on any atom is 0.0941 e. The molecule has 1 heterocycles. The third-order valence-electron chi connectivity index (χ3n) is 1.70. The molecule has 2 rings (SSSR count). The highest BCUT2D eigenvalue weighted by Gasteiger charge is 2.00. The Morgan fingerprint density at radius 3 is 2.92 bits per heavy atom. The molecule has 0 fully saturated rings. The van der Waals surface area contributed by atoms with Crippen LogP contribution in [0, 0.1) is 0 Å². The second-order valence-corrected chi connectivity index (χ2v) is 3.36. The Kier molecular flexibility index (Phi) is 2.03. The van der Waals surface area contributed by atoms with E-state index in [2.05, 4.69) is 10.2 Å². The van der Waals surface area contributed by atoms with Gasteiger partial charge in [0.05, 0.1) is 11.7 Å². The van der Waals surface area contributed by atoms with E-state index in [0.29, 0.717) is 10.9 Å². The van der Waals surface area contributed by atoms with Crippen LogP contribution in [-0.2, 0) is 11.1 Å². The first-order valence-corrected chi connectivity index (χ1v) is 4.66. The summed E-state index contributed by atoms with van der Waals surface area (Å²) in [5, 5.41) is 8.07. The van der Waals surface area contributed by atoms with Gasteiger partial charge in [-0.3, -0.25) is 4.21 Å². The van der Waals surface area contributed by atoms with Crippen LogP contribution >= 0.6 is 0 Å². The SMILES string of the molecule is O=S([O-])c1cccc2nnccc12. The minimum absolute atomic E-state index is 0.257. The molecule has 0 aliphatic carbocycles. The molecule has 1 aromatic heterocycles. The quantitative estimate of drug-likeness (QED) is 0.630. The summed E-state index contributed by atoms with van der Waals surface area (Å²) in [7, 11) is 0. The van der Waals surface area contributed by atoms with Crippen LogP contribution in [0.1, 0.15) is 0 Å². The zero-order chi connectivity index (χ0) is 9.26. The van der Waals surface area contributed by atoms with Gasteiger partial charge in [0.25, 0.3) is 0 Å². The van der Waals surface area contributed by atoms with Crippen molar-refractivity contribution in [1.82, 2.24) is 10.2 Å². The van der Waals surface area contributed by atoms with Gasteiger partial charge in [0.15, 0.2) is 0 Å². The molecule has 0 amide bonds. The molecule has 5 heteroatoms. The molecule has 13 heavy (non-hydrogen) atoms. The van der Waals surface area contributed by atoms with Gasteiger partial charge in [-0.2, -0.15) is 10.2 Å². The zero-order valence-corrected chi connectivity index (χ0v) is 7.32. The maximum absolute atomic E-state index is 10.8. The molecule has 2 aromatic rings. The predicted octanol–water partition coefficient (Wildman–Crippen LogP) is 0.868. The van der Waals surface area contributed by atoms with Crippen LogP contribution in [0.2, 0.25) is 0 Å². The Bertz CT molecular complexity index is 467. The normalized spacial score (nSPS) is 13.0. The monoisotopic (exact) mass is 193 g/mol. The maximum atomic E-state index is 10.8. The van der Waals surface area contributed by atoms with Gasteiger partial charge in [0.2, 0.25) is 0 Å². The number of hydrogen-bond donors (Lipinski definition) is 0. The highest BCUT2D eigenvalue weighted by Crippen LogP contribution is 2.17. The average Bonchev–Trinajstić information content (AvgIpc) is 2.17. The number of nitrogens with zero attached hydrogens (tertiary/aromatic N) is 2. The fourth-order valence-corrected chi connectivity index (χ4v) is 1.68. The summed E-state index contributed by atoms with van der Waals surface area (Å²) in [6.07, 6.45) is 1.47. The molecular weight excluding hydrogens is 188 g/mol. The van der Waals surface area contributed by atoms with Crippen LogP contribution in [0.25, 0.3) is 10.9 Å². The first kappa shape index (κ1) is 8.28. The minimum Gasteiger partial charge on any atom is -0.768 e. The Labute approximate surface area is 76.9 Å². The van der Waals surface area contributed by atoms with E-state index >= 15 is 0 Å². The van der Waals surface area contributed by atoms with Crippen molar-refractivity contribution < 1.29 is 8.76 Å². The third-order valence-corrected chi connectivity index (χ3v) is 2.41. The molecule has 0 aliphatic rings. The molecular formula is C8H5N2O2S-. The van der Waals surface area contributed by atoms with Crippen molar-refractivity contribution in [1.29, 1.82) is 0 Å². The van der Waals surface area contributed by atoms with E-state index in [1.165, 1.54) is 12.3 Å². The first-order chi connectivity index (χ1) is 6.29. The van der Waals surface area contributed by atoms with E-state index in [-0.39, 0.29) is 4.90 Å². The number of rotatable bonds is 1. The summed E-state index contributed by atoms with van der Waals surface area (Å²) in [6.45, 7) is 0. The molecule has 0 bridgehead atoms. The lowest BCUT2D eigenvalue weighted by atomic mass is 10.2. The summed E-state index contributed by atoms with van der Waals surface area (Å²) in [6, 6.07) is 6.53. The van der Waals surface area contributed by atoms with Gasteiger partial charge in [0.1, 0.15) is 0 Å². The summed E-state index contributed by atoms with van der Waals surface area (Å²) >= 11 is -2.22. The number of hydrogen-bond acceptors (Lipinski definition) is 4. The van der Waals surface area contributed by atoms with E-state index < -0.39 is 11.1 Å². The molecule has 1 atom stereocenters. The molecule has 66 valence electrons. The Morgan fingerprint density at radius 2 is 2.15 bits per heavy atom. The molecule has 0 saturated heterocycles. The van der Waals surface area contributed by atoms with Crippen LogP contribution in [0.5, 0.6) is 0 Å². The summed E-state index contributed by atoms with van der Waals surface area (Å²) in [4.78, 5) is 0.257. The van der Waals surface area contributed by atoms with Crippen molar-refractivity contribution in [3.63, 3.8) is 0 Å². The Balaban J connectivity index is 2.83. The van der Waals surface area contributed by atoms with E-state index in [1.807, 2.05) is 0 Å². The van der Waals surface area contributed by atoms with E-state index in [4.69, 9.17) is 0 Å². The van der Waals surface area contributed by atoms with Gasteiger partial charge in [-0.05, 0) is 29.3 Å². The fraction of sp³-hybridized carbons (Fsp3) is 0. The largest absolute Gasteiger partial charge is 0.768 e. The highest BCUT2D eigenvalue weighted by atomic mass is 32.2. The summed E-state index contributed by atoms with van der Waals surface area (Å²) < 4.78 is 21.5. The fourth-order valence-electron chi connectivity index (χ4n) is 1.14. The van der Waals surface area contributed by atoms with Gasteiger partial charge in [-0.1, -0.05) is 6.07 Å². The average molecular weight is 193 g/mol. The standard InChI is InChI=1S/C8H6N2O2S/c11-13(12)8-3-1-2-7-6(8)4-5-9-10-7/h1-5H,(H,11,12)/p-1. The summed E-state index contributed by atoms with van der Waals surface area (Å²) in [5.41, 5.74) is 0.587. The van der Waals surface area contributed by atoms with E-state index in [1.54, 1.807) is 18.2 Å². The van der Waals surface area contributed by atoms with E-state index in [0.717, 1.165) is 0 Å². The van der Waals surface area contributed by atoms with Gasteiger partial charge >= 0.3 is 0 Å². The third kappa shape index (κ3) is 1.43.